The number of rotatable bonds is 11. The largest absolute Gasteiger partial charge is 0.480 e. The summed E-state index contributed by atoms with van der Waals surface area (Å²) in [6.45, 7) is 8.77. The lowest BCUT2D eigenvalue weighted by molar-refractivity contribution is -0.146. The smallest absolute Gasteiger partial charge is 0.408 e. The van der Waals surface area contributed by atoms with Crippen LogP contribution in [0.4, 0.5) is 4.79 Å². The molecule has 9 nitrogen and oxygen atoms in total. The molecule has 32 heavy (non-hydrogen) atoms. The highest BCUT2D eigenvalue weighted by Gasteiger charge is 2.29. The molecule has 1 aromatic carbocycles. The highest BCUT2D eigenvalue weighted by molar-refractivity contribution is 5.89. The molecule has 2 amide bonds. The number of hydrogen-bond donors (Lipinski definition) is 3. The maximum atomic E-state index is 12.7. The van der Waals surface area contributed by atoms with Gasteiger partial charge in [-0.25, -0.2) is 9.59 Å². The van der Waals surface area contributed by atoms with Crippen LogP contribution in [-0.4, -0.2) is 46.7 Å². The van der Waals surface area contributed by atoms with Gasteiger partial charge >= 0.3 is 18.0 Å². The zero-order valence-electron chi connectivity index (χ0n) is 19.3. The van der Waals surface area contributed by atoms with Crippen LogP contribution in [0.15, 0.2) is 30.3 Å². The maximum absolute atomic E-state index is 12.7. The summed E-state index contributed by atoms with van der Waals surface area (Å²) in [4.78, 5) is 48.5. The third-order valence-electron chi connectivity index (χ3n) is 4.21. The average Bonchev–Trinajstić information content (AvgIpc) is 2.67. The second kappa shape index (κ2) is 12.7. The lowest BCUT2D eigenvalue weighted by atomic mass is 10.0. The molecule has 1 aromatic rings. The standard InChI is InChI=1S/C23H34N2O7/c1-15(2)13-18(21(28)29)24-20(27)17(25-22(30)32-23(3,4)5)11-12-19(26)31-14-16-9-7-6-8-10-16/h6-10,15,17-18H,11-14H2,1-5H3,(H,24,27)(H,25,30)(H,28,29). The Kier molecular flexibility index (Phi) is 10.7. The number of benzene rings is 1. The number of carboxylic acids is 1. The summed E-state index contributed by atoms with van der Waals surface area (Å²) in [5.41, 5.74) is 0.0287. The van der Waals surface area contributed by atoms with Crippen LogP contribution in [0.2, 0.25) is 0 Å². The maximum Gasteiger partial charge on any atom is 0.408 e. The van der Waals surface area contributed by atoms with E-state index in [-0.39, 0.29) is 31.8 Å². The van der Waals surface area contributed by atoms with Crippen molar-refractivity contribution in [2.24, 2.45) is 5.92 Å². The Labute approximate surface area is 188 Å². The first-order chi connectivity index (χ1) is 14.9. The summed E-state index contributed by atoms with van der Waals surface area (Å²) in [5, 5.41) is 14.2. The molecule has 178 valence electrons. The van der Waals surface area contributed by atoms with E-state index in [0.717, 1.165) is 5.56 Å². The molecule has 0 bridgehead atoms. The normalized spacial score (nSPS) is 13.1. The van der Waals surface area contributed by atoms with Crippen molar-refractivity contribution >= 4 is 23.9 Å². The van der Waals surface area contributed by atoms with Gasteiger partial charge in [-0.3, -0.25) is 9.59 Å². The lowest BCUT2D eigenvalue weighted by Crippen LogP contribution is -2.52. The Morgan fingerprint density at radius 1 is 1.00 bits per heavy atom. The van der Waals surface area contributed by atoms with Gasteiger partial charge < -0.3 is 25.2 Å². The number of hydrogen-bond acceptors (Lipinski definition) is 6. The van der Waals surface area contributed by atoms with E-state index in [0.29, 0.717) is 0 Å². The van der Waals surface area contributed by atoms with Crippen LogP contribution in [0.25, 0.3) is 0 Å². The van der Waals surface area contributed by atoms with Gasteiger partial charge in [0.15, 0.2) is 0 Å². The van der Waals surface area contributed by atoms with E-state index in [1.54, 1.807) is 20.8 Å². The van der Waals surface area contributed by atoms with Crippen molar-refractivity contribution in [1.29, 1.82) is 0 Å². The first-order valence-electron chi connectivity index (χ1n) is 10.6. The summed E-state index contributed by atoms with van der Waals surface area (Å²) >= 11 is 0. The Balaban J connectivity index is 2.77. The summed E-state index contributed by atoms with van der Waals surface area (Å²) in [6, 6.07) is 6.84. The Hall–Kier alpha value is -3.10. The molecular formula is C23H34N2O7. The minimum atomic E-state index is -1.18. The third kappa shape index (κ3) is 11.3. The number of ether oxygens (including phenoxy) is 2. The number of carboxylic acid groups (broad SMARTS) is 1. The van der Waals surface area contributed by atoms with E-state index >= 15 is 0 Å². The number of carbonyl (C=O) groups is 4. The van der Waals surface area contributed by atoms with Crippen molar-refractivity contribution in [3.63, 3.8) is 0 Å². The second-order valence-corrected chi connectivity index (χ2v) is 8.91. The first-order valence-corrected chi connectivity index (χ1v) is 10.6. The average molecular weight is 451 g/mol. The summed E-state index contributed by atoms with van der Waals surface area (Å²) in [6.07, 6.45) is -0.847. The molecule has 0 saturated carbocycles. The van der Waals surface area contributed by atoms with Gasteiger partial charge in [-0.05, 0) is 45.1 Å². The van der Waals surface area contributed by atoms with Gasteiger partial charge in [-0.2, -0.15) is 0 Å². The third-order valence-corrected chi connectivity index (χ3v) is 4.21. The SMILES string of the molecule is CC(C)CC(NC(=O)C(CCC(=O)OCc1ccccc1)NC(=O)OC(C)(C)C)C(=O)O. The molecule has 2 unspecified atom stereocenters. The van der Waals surface area contributed by atoms with Crippen molar-refractivity contribution in [3.05, 3.63) is 35.9 Å². The molecule has 1 rings (SSSR count). The van der Waals surface area contributed by atoms with E-state index in [9.17, 15) is 24.3 Å². The predicted octanol–water partition coefficient (Wildman–Crippen LogP) is 3.02. The topological polar surface area (TPSA) is 131 Å². The highest BCUT2D eigenvalue weighted by Crippen LogP contribution is 2.10. The number of aliphatic carboxylic acids is 1. The number of esters is 1. The summed E-state index contributed by atoms with van der Waals surface area (Å²) < 4.78 is 10.4. The first kappa shape index (κ1) is 26.9. The van der Waals surface area contributed by atoms with Crippen LogP contribution in [0.5, 0.6) is 0 Å². The van der Waals surface area contributed by atoms with Crippen molar-refractivity contribution in [1.82, 2.24) is 10.6 Å². The van der Waals surface area contributed by atoms with E-state index in [4.69, 9.17) is 9.47 Å². The quantitative estimate of drug-likeness (QED) is 0.442. The molecule has 9 heteroatoms. The molecule has 0 heterocycles. The van der Waals surface area contributed by atoms with E-state index in [1.165, 1.54) is 0 Å². The van der Waals surface area contributed by atoms with Crippen LogP contribution in [0.3, 0.4) is 0 Å². The Morgan fingerprint density at radius 3 is 2.16 bits per heavy atom. The molecule has 0 saturated heterocycles. The van der Waals surface area contributed by atoms with Crippen molar-refractivity contribution in [3.8, 4) is 0 Å². The summed E-state index contributed by atoms with van der Waals surface area (Å²) in [7, 11) is 0. The molecule has 0 radical (unpaired) electrons. The molecule has 0 aliphatic heterocycles. The molecular weight excluding hydrogens is 416 g/mol. The molecule has 3 N–H and O–H groups in total. The Bertz CT molecular complexity index is 772. The zero-order valence-corrected chi connectivity index (χ0v) is 19.3. The minimum Gasteiger partial charge on any atom is -0.480 e. The van der Waals surface area contributed by atoms with Crippen LogP contribution >= 0.6 is 0 Å². The molecule has 0 aliphatic carbocycles. The van der Waals surface area contributed by atoms with Gasteiger partial charge in [0.25, 0.3) is 0 Å². The van der Waals surface area contributed by atoms with Gasteiger partial charge in [0.2, 0.25) is 5.91 Å². The second-order valence-electron chi connectivity index (χ2n) is 8.91. The molecule has 0 aliphatic rings. The number of amides is 2. The fraction of sp³-hybridized carbons (Fsp3) is 0.565. The van der Waals surface area contributed by atoms with E-state index in [2.05, 4.69) is 10.6 Å². The van der Waals surface area contributed by atoms with Crippen molar-refractivity contribution in [2.45, 2.75) is 78.2 Å². The number of carbonyl (C=O) groups excluding carboxylic acids is 3. The molecule has 2 atom stereocenters. The molecule has 0 fully saturated rings. The predicted molar refractivity (Wildman–Crippen MR) is 118 cm³/mol. The summed E-state index contributed by atoms with van der Waals surface area (Å²) in [5.74, 6) is -2.40. The molecule has 0 spiro atoms. The lowest BCUT2D eigenvalue weighted by Gasteiger charge is -2.24. The fourth-order valence-electron chi connectivity index (χ4n) is 2.76. The van der Waals surface area contributed by atoms with Gasteiger partial charge in [-0.15, -0.1) is 0 Å². The molecule has 0 aromatic heterocycles. The van der Waals surface area contributed by atoms with Crippen molar-refractivity contribution in [2.75, 3.05) is 0 Å². The fourth-order valence-corrected chi connectivity index (χ4v) is 2.76. The van der Waals surface area contributed by atoms with Crippen LogP contribution < -0.4 is 10.6 Å². The highest BCUT2D eigenvalue weighted by atomic mass is 16.6. The van der Waals surface area contributed by atoms with Gasteiger partial charge in [0, 0.05) is 6.42 Å². The van der Waals surface area contributed by atoms with E-state index < -0.39 is 41.6 Å². The van der Waals surface area contributed by atoms with Crippen LogP contribution in [0.1, 0.15) is 59.4 Å². The van der Waals surface area contributed by atoms with E-state index in [1.807, 2.05) is 44.2 Å². The van der Waals surface area contributed by atoms with Crippen molar-refractivity contribution < 1.29 is 33.8 Å². The minimum absolute atomic E-state index is 0.0293. The van der Waals surface area contributed by atoms with Gasteiger partial charge in [-0.1, -0.05) is 44.2 Å². The monoisotopic (exact) mass is 450 g/mol. The zero-order chi connectivity index (χ0) is 24.3. The number of alkyl carbamates (subject to hydrolysis) is 1. The van der Waals surface area contributed by atoms with Gasteiger partial charge in [0.05, 0.1) is 0 Å². The van der Waals surface area contributed by atoms with Gasteiger partial charge in [0.1, 0.15) is 24.3 Å². The van der Waals surface area contributed by atoms with Crippen LogP contribution in [0, 0.1) is 5.92 Å². The number of nitrogens with one attached hydrogen (secondary N) is 2. The van der Waals surface area contributed by atoms with Crippen LogP contribution in [-0.2, 0) is 30.5 Å². The Morgan fingerprint density at radius 2 is 1.62 bits per heavy atom.